The molecule has 0 saturated carbocycles. The minimum Gasteiger partial charge on any atom is -0.466 e. The number of hydrogen-bond acceptors (Lipinski definition) is 4. The van der Waals surface area contributed by atoms with Crippen LogP contribution in [-0.2, 0) is 9.53 Å². The molecule has 0 fully saturated rings. The van der Waals surface area contributed by atoms with Crippen LogP contribution in [-0.4, -0.2) is 23.4 Å². The molecule has 0 N–H and O–H groups in total. The van der Waals surface area contributed by atoms with Gasteiger partial charge in [0.15, 0.2) is 0 Å². The summed E-state index contributed by atoms with van der Waals surface area (Å²) >= 11 is 1.16. The number of thioether (sulfide) groups is 1. The molecule has 1 aromatic rings. The van der Waals surface area contributed by atoms with Crippen LogP contribution in [0.25, 0.3) is 0 Å². The SMILES string of the molecule is CCOC(=O)CCSC(=O)c1ccc(C)c(C)c1. The van der Waals surface area contributed by atoms with Crippen LogP contribution in [0.5, 0.6) is 0 Å². The van der Waals surface area contributed by atoms with E-state index in [9.17, 15) is 9.59 Å². The minimum atomic E-state index is -0.252. The smallest absolute Gasteiger partial charge is 0.306 e. The summed E-state index contributed by atoms with van der Waals surface area (Å²) in [6, 6.07) is 5.64. The van der Waals surface area contributed by atoms with Gasteiger partial charge in [0.1, 0.15) is 0 Å². The van der Waals surface area contributed by atoms with Gasteiger partial charge in [-0.15, -0.1) is 0 Å². The zero-order chi connectivity index (χ0) is 13.5. The van der Waals surface area contributed by atoms with Crippen molar-refractivity contribution in [2.75, 3.05) is 12.4 Å². The summed E-state index contributed by atoms with van der Waals surface area (Å²) in [7, 11) is 0. The standard InChI is InChI=1S/C14H18O3S/c1-4-17-13(15)7-8-18-14(16)12-6-5-10(2)11(3)9-12/h5-6,9H,4,7-8H2,1-3H3. The van der Waals surface area contributed by atoms with Crippen molar-refractivity contribution in [2.24, 2.45) is 0 Å². The van der Waals surface area contributed by atoms with Crippen molar-refractivity contribution >= 4 is 22.8 Å². The van der Waals surface area contributed by atoms with E-state index >= 15 is 0 Å². The van der Waals surface area contributed by atoms with Crippen LogP contribution < -0.4 is 0 Å². The maximum Gasteiger partial charge on any atom is 0.306 e. The van der Waals surface area contributed by atoms with Crippen molar-refractivity contribution < 1.29 is 14.3 Å². The third-order valence-electron chi connectivity index (χ3n) is 2.59. The lowest BCUT2D eigenvalue weighted by atomic mass is 10.1. The number of ether oxygens (including phenoxy) is 1. The lowest BCUT2D eigenvalue weighted by molar-refractivity contribution is -0.142. The summed E-state index contributed by atoms with van der Waals surface area (Å²) in [5, 5.41) is 0.00222. The Balaban J connectivity index is 2.45. The van der Waals surface area contributed by atoms with E-state index in [0.29, 0.717) is 17.9 Å². The van der Waals surface area contributed by atoms with Crippen molar-refractivity contribution in [3.8, 4) is 0 Å². The highest BCUT2D eigenvalue weighted by atomic mass is 32.2. The number of carbonyl (C=O) groups excluding carboxylic acids is 2. The van der Waals surface area contributed by atoms with Gasteiger partial charge in [0.2, 0.25) is 5.12 Å². The van der Waals surface area contributed by atoms with Crippen molar-refractivity contribution in [3.05, 3.63) is 34.9 Å². The molecule has 0 spiro atoms. The molecule has 1 aromatic carbocycles. The summed E-state index contributed by atoms with van der Waals surface area (Å²) in [6.45, 7) is 6.15. The molecule has 0 heterocycles. The van der Waals surface area contributed by atoms with Crippen LogP contribution in [0, 0.1) is 13.8 Å². The number of rotatable bonds is 5. The van der Waals surface area contributed by atoms with E-state index in [4.69, 9.17) is 4.74 Å². The average Bonchev–Trinajstić information content (AvgIpc) is 2.33. The Morgan fingerprint density at radius 2 is 1.94 bits per heavy atom. The second kappa shape index (κ2) is 7.21. The number of esters is 1. The molecule has 0 amide bonds. The molecule has 4 heteroatoms. The molecule has 0 aliphatic heterocycles. The van der Waals surface area contributed by atoms with E-state index in [1.165, 1.54) is 5.56 Å². The quantitative estimate of drug-likeness (QED) is 0.768. The predicted molar refractivity (Wildman–Crippen MR) is 74.0 cm³/mol. The fraction of sp³-hybridized carbons (Fsp3) is 0.429. The Morgan fingerprint density at radius 3 is 2.56 bits per heavy atom. The van der Waals surface area contributed by atoms with Crippen molar-refractivity contribution in [1.29, 1.82) is 0 Å². The van der Waals surface area contributed by atoms with E-state index < -0.39 is 0 Å². The topological polar surface area (TPSA) is 43.4 Å². The average molecular weight is 266 g/mol. The van der Waals surface area contributed by atoms with Gasteiger partial charge in [-0.25, -0.2) is 0 Å². The third-order valence-corrected chi connectivity index (χ3v) is 3.49. The molecule has 0 saturated heterocycles. The molecular formula is C14H18O3S. The molecule has 3 nitrogen and oxygen atoms in total. The molecule has 0 bridgehead atoms. The first-order valence-electron chi connectivity index (χ1n) is 5.94. The van der Waals surface area contributed by atoms with Gasteiger partial charge in [0.05, 0.1) is 13.0 Å². The lowest BCUT2D eigenvalue weighted by Gasteiger charge is -2.04. The van der Waals surface area contributed by atoms with Crippen LogP contribution in [0.1, 0.15) is 34.8 Å². The highest BCUT2D eigenvalue weighted by Crippen LogP contribution is 2.17. The summed E-state index contributed by atoms with van der Waals surface area (Å²) in [5.41, 5.74) is 2.96. The van der Waals surface area contributed by atoms with Crippen LogP contribution >= 0.6 is 11.8 Å². The van der Waals surface area contributed by atoms with Gasteiger partial charge in [-0.05, 0) is 38.0 Å². The molecule has 0 aliphatic carbocycles. The van der Waals surface area contributed by atoms with E-state index in [2.05, 4.69) is 0 Å². The second-order valence-corrected chi connectivity index (χ2v) is 5.06. The van der Waals surface area contributed by atoms with Gasteiger partial charge in [0, 0.05) is 11.3 Å². The Bertz CT molecular complexity index is 441. The second-order valence-electron chi connectivity index (χ2n) is 3.99. The molecular weight excluding hydrogens is 248 g/mol. The largest absolute Gasteiger partial charge is 0.466 e. The molecule has 0 aliphatic rings. The van der Waals surface area contributed by atoms with E-state index in [0.717, 1.165) is 17.3 Å². The molecule has 1 rings (SSSR count). The molecule has 18 heavy (non-hydrogen) atoms. The predicted octanol–water partition coefficient (Wildman–Crippen LogP) is 3.13. The fourth-order valence-corrected chi connectivity index (χ4v) is 2.16. The van der Waals surface area contributed by atoms with Crippen LogP contribution in [0.2, 0.25) is 0 Å². The number of carbonyl (C=O) groups is 2. The van der Waals surface area contributed by atoms with Crippen molar-refractivity contribution in [2.45, 2.75) is 27.2 Å². The Morgan fingerprint density at radius 1 is 1.22 bits per heavy atom. The van der Waals surface area contributed by atoms with Gasteiger partial charge in [-0.3, -0.25) is 9.59 Å². The first kappa shape index (κ1) is 14.8. The highest BCUT2D eigenvalue weighted by Gasteiger charge is 2.09. The van der Waals surface area contributed by atoms with Gasteiger partial charge in [-0.2, -0.15) is 0 Å². The minimum absolute atomic E-state index is 0.00222. The van der Waals surface area contributed by atoms with Crippen molar-refractivity contribution in [3.63, 3.8) is 0 Å². The molecule has 0 unspecified atom stereocenters. The fourth-order valence-electron chi connectivity index (χ4n) is 1.41. The van der Waals surface area contributed by atoms with Crippen LogP contribution in [0.15, 0.2) is 18.2 Å². The van der Waals surface area contributed by atoms with Gasteiger partial charge in [0.25, 0.3) is 0 Å². The van der Waals surface area contributed by atoms with Crippen LogP contribution in [0.3, 0.4) is 0 Å². The molecule has 0 atom stereocenters. The molecule has 0 radical (unpaired) electrons. The van der Waals surface area contributed by atoms with Crippen molar-refractivity contribution in [1.82, 2.24) is 0 Å². The van der Waals surface area contributed by atoms with Gasteiger partial charge in [-0.1, -0.05) is 23.9 Å². The number of hydrogen-bond donors (Lipinski definition) is 0. The number of benzene rings is 1. The van der Waals surface area contributed by atoms with Gasteiger partial charge >= 0.3 is 5.97 Å². The zero-order valence-electron chi connectivity index (χ0n) is 11.0. The Kier molecular flexibility index (Phi) is 5.92. The Hall–Kier alpha value is -1.29. The maximum absolute atomic E-state index is 11.9. The van der Waals surface area contributed by atoms with E-state index in [1.807, 2.05) is 32.0 Å². The molecule has 98 valence electrons. The molecule has 0 aromatic heterocycles. The highest BCUT2D eigenvalue weighted by molar-refractivity contribution is 8.14. The summed E-state index contributed by atoms with van der Waals surface area (Å²) in [6.07, 6.45) is 0.273. The zero-order valence-corrected chi connectivity index (χ0v) is 11.8. The third kappa shape index (κ3) is 4.53. The van der Waals surface area contributed by atoms with E-state index in [-0.39, 0.29) is 17.5 Å². The first-order valence-corrected chi connectivity index (χ1v) is 6.93. The maximum atomic E-state index is 11.9. The first-order chi connectivity index (χ1) is 8.54. The summed E-state index contributed by atoms with van der Waals surface area (Å²) < 4.78 is 4.80. The summed E-state index contributed by atoms with van der Waals surface area (Å²) in [4.78, 5) is 23.0. The lowest BCUT2D eigenvalue weighted by Crippen LogP contribution is -2.06. The normalized spacial score (nSPS) is 10.2. The van der Waals surface area contributed by atoms with Crippen LogP contribution in [0.4, 0.5) is 0 Å². The van der Waals surface area contributed by atoms with E-state index in [1.54, 1.807) is 6.92 Å². The monoisotopic (exact) mass is 266 g/mol. The van der Waals surface area contributed by atoms with Gasteiger partial charge < -0.3 is 4.74 Å². The summed E-state index contributed by atoms with van der Waals surface area (Å²) in [5.74, 6) is 0.211. The Labute approximate surface area is 112 Å². The number of aryl methyl sites for hydroxylation is 2.